The number of aryl methyl sites for hydroxylation is 1. The zero-order chi connectivity index (χ0) is 19.6. The molecule has 2 N–H and O–H groups in total. The van der Waals surface area contributed by atoms with Gasteiger partial charge in [0.2, 0.25) is 0 Å². The standard InChI is InChI=1S/C20H24N2O4S/c1-14-5-8-17(9-6-14)27(25,26)21-16-7-10-19(18(12-16)20(23)24)22-11-3-4-15(2)13-22/h5-10,12,15,21H,3-4,11,13H2,1-2H3,(H,23,24). The highest BCUT2D eigenvalue weighted by Gasteiger charge is 2.23. The molecule has 1 unspecified atom stereocenters. The number of piperidine rings is 1. The van der Waals surface area contributed by atoms with Crippen molar-refractivity contribution in [1.82, 2.24) is 0 Å². The SMILES string of the molecule is Cc1ccc(S(=O)(=O)Nc2ccc(N3CCCC(C)C3)c(C(=O)O)c2)cc1. The van der Waals surface area contributed by atoms with E-state index in [1.807, 2.05) is 6.92 Å². The quantitative estimate of drug-likeness (QED) is 0.815. The number of hydrogen-bond donors (Lipinski definition) is 2. The second-order valence-electron chi connectivity index (χ2n) is 7.15. The summed E-state index contributed by atoms with van der Waals surface area (Å²) >= 11 is 0. The van der Waals surface area contributed by atoms with E-state index in [2.05, 4.69) is 16.5 Å². The molecule has 27 heavy (non-hydrogen) atoms. The summed E-state index contributed by atoms with van der Waals surface area (Å²) < 4.78 is 27.6. The van der Waals surface area contributed by atoms with Crippen LogP contribution in [-0.4, -0.2) is 32.6 Å². The second-order valence-corrected chi connectivity index (χ2v) is 8.83. The van der Waals surface area contributed by atoms with Crippen LogP contribution in [0.3, 0.4) is 0 Å². The molecule has 1 saturated heterocycles. The van der Waals surface area contributed by atoms with Gasteiger partial charge in [-0.15, -0.1) is 0 Å². The van der Waals surface area contributed by atoms with E-state index < -0.39 is 16.0 Å². The molecule has 1 atom stereocenters. The summed E-state index contributed by atoms with van der Waals surface area (Å²) in [5.74, 6) is -0.570. The van der Waals surface area contributed by atoms with Gasteiger partial charge in [0.15, 0.2) is 0 Å². The van der Waals surface area contributed by atoms with E-state index in [1.54, 1.807) is 24.3 Å². The summed E-state index contributed by atoms with van der Waals surface area (Å²) in [7, 11) is -3.78. The summed E-state index contributed by atoms with van der Waals surface area (Å²) in [5, 5.41) is 9.63. The molecule has 0 spiro atoms. The third kappa shape index (κ3) is 4.42. The lowest BCUT2D eigenvalue weighted by Gasteiger charge is -2.33. The van der Waals surface area contributed by atoms with Gasteiger partial charge in [-0.1, -0.05) is 24.6 Å². The van der Waals surface area contributed by atoms with E-state index >= 15 is 0 Å². The molecule has 1 aliphatic rings. The van der Waals surface area contributed by atoms with Crippen molar-refractivity contribution >= 4 is 27.4 Å². The minimum absolute atomic E-state index is 0.105. The number of carboxylic acids is 1. The number of rotatable bonds is 5. The maximum absolute atomic E-state index is 12.6. The Balaban J connectivity index is 1.90. The number of nitrogens with one attached hydrogen (secondary N) is 1. The number of anilines is 2. The van der Waals surface area contributed by atoms with E-state index in [4.69, 9.17) is 0 Å². The fraction of sp³-hybridized carbons (Fsp3) is 0.350. The molecule has 1 aliphatic heterocycles. The predicted octanol–water partition coefficient (Wildman–Crippen LogP) is 3.73. The van der Waals surface area contributed by atoms with Crippen molar-refractivity contribution in [3.63, 3.8) is 0 Å². The van der Waals surface area contributed by atoms with Crippen molar-refractivity contribution < 1.29 is 18.3 Å². The number of sulfonamides is 1. The Labute approximate surface area is 159 Å². The molecular weight excluding hydrogens is 364 g/mol. The fourth-order valence-corrected chi connectivity index (χ4v) is 4.44. The van der Waals surface area contributed by atoms with Gasteiger partial charge < -0.3 is 10.0 Å². The second kappa shape index (κ2) is 7.60. The number of carboxylic acid groups (broad SMARTS) is 1. The molecule has 144 valence electrons. The van der Waals surface area contributed by atoms with Crippen molar-refractivity contribution in [3.8, 4) is 0 Å². The van der Waals surface area contributed by atoms with Gasteiger partial charge in [0.25, 0.3) is 10.0 Å². The van der Waals surface area contributed by atoms with E-state index in [9.17, 15) is 18.3 Å². The van der Waals surface area contributed by atoms with Crippen LogP contribution in [0.2, 0.25) is 0 Å². The number of hydrogen-bond acceptors (Lipinski definition) is 4. The average Bonchev–Trinajstić information content (AvgIpc) is 2.61. The van der Waals surface area contributed by atoms with Gasteiger partial charge >= 0.3 is 5.97 Å². The minimum atomic E-state index is -3.78. The molecule has 6 nitrogen and oxygen atoms in total. The number of carbonyl (C=O) groups is 1. The molecule has 1 fully saturated rings. The van der Waals surface area contributed by atoms with Crippen LogP contribution in [0.1, 0.15) is 35.7 Å². The largest absolute Gasteiger partial charge is 0.478 e. The van der Waals surface area contributed by atoms with E-state index in [0.29, 0.717) is 11.6 Å². The van der Waals surface area contributed by atoms with Crippen LogP contribution in [-0.2, 0) is 10.0 Å². The first-order chi connectivity index (χ1) is 12.8. The average molecular weight is 388 g/mol. The zero-order valence-electron chi connectivity index (χ0n) is 15.5. The van der Waals surface area contributed by atoms with Crippen LogP contribution < -0.4 is 9.62 Å². The molecule has 2 aromatic carbocycles. The molecule has 0 radical (unpaired) electrons. The Morgan fingerprint density at radius 2 is 1.89 bits per heavy atom. The summed E-state index contributed by atoms with van der Waals surface area (Å²) in [6.07, 6.45) is 2.15. The molecule has 7 heteroatoms. The van der Waals surface area contributed by atoms with E-state index in [-0.39, 0.29) is 16.1 Å². The molecule has 3 rings (SSSR count). The summed E-state index contributed by atoms with van der Waals surface area (Å²) in [6, 6.07) is 11.2. The highest BCUT2D eigenvalue weighted by Crippen LogP contribution is 2.29. The Bertz CT molecular complexity index is 939. The first-order valence-corrected chi connectivity index (χ1v) is 10.5. The first-order valence-electron chi connectivity index (χ1n) is 8.98. The topological polar surface area (TPSA) is 86.7 Å². The van der Waals surface area contributed by atoms with Gasteiger partial charge in [0.05, 0.1) is 16.1 Å². The van der Waals surface area contributed by atoms with Gasteiger partial charge in [-0.05, 0) is 56.0 Å². The van der Waals surface area contributed by atoms with Crippen LogP contribution in [0, 0.1) is 12.8 Å². The van der Waals surface area contributed by atoms with Crippen LogP contribution in [0.4, 0.5) is 11.4 Å². The third-order valence-corrected chi connectivity index (χ3v) is 6.21. The van der Waals surface area contributed by atoms with Crippen molar-refractivity contribution in [2.45, 2.75) is 31.6 Å². The summed E-state index contributed by atoms with van der Waals surface area (Å²) in [6.45, 7) is 5.63. The van der Waals surface area contributed by atoms with E-state index in [0.717, 1.165) is 31.5 Å². The van der Waals surface area contributed by atoms with Gasteiger partial charge in [-0.25, -0.2) is 13.2 Å². The lowest BCUT2D eigenvalue weighted by molar-refractivity contribution is 0.0697. The Morgan fingerprint density at radius 1 is 1.19 bits per heavy atom. The molecular formula is C20H24N2O4S. The zero-order valence-corrected chi connectivity index (χ0v) is 16.3. The monoisotopic (exact) mass is 388 g/mol. The van der Waals surface area contributed by atoms with Gasteiger partial charge in [-0.2, -0.15) is 0 Å². The lowest BCUT2D eigenvalue weighted by Crippen LogP contribution is -2.35. The molecule has 0 aliphatic carbocycles. The molecule has 2 aromatic rings. The molecule has 0 amide bonds. The van der Waals surface area contributed by atoms with Crippen LogP contribution in [0.5, 0.6) is 0 Å². The fourth-order valence-electron chi connectivity index (χ4n) is 3.39. The van der Waals surface area contributed by atoms with Crippen LogP contribution >= 0.6 is 0 Å². The van der Waals surface area contributed by atoms with Crippen molar-refractivity contribution in [2.75, 3.05) is 22.7 Å². The Hall–Kier alpha value is -2.54. The third-order valence-electron chi connectivity index (χ3n) is 4.81. The van der Waals surface area contributed by atoms with Crippen molar-refractivity contribution in [2.24, 2.45) is 5.92 Å². The minimum Gasteiger partial charge on any atom is -0.478 e. The van der Waals surface area contributed by atoms with Crippen LogP contribution in [0.15, 0.2) is 47.4 Å². The molecule has 1 heterocycles. The lowest BCUT2D eigenvalue weighted by atomic mass is 9.98. The van der Waals surface area contributed by atoms with E-state index in [1.165, 1.54) is 18.2 Å². The highest BCUT2D eigenvalue weighted by molar-refractivity contribution is 7.92. The van der Waals surface area contributed by atoms with Gasteiger partial charge in [-0.3, -0.25) is 4.72 Å². The molecule has 0 saturated carbocycles. The molecule has 0 bridgehead atoms. The maximum Gasteiger partial charge on any atom is 0.337 e. The van der Waals surface area contributed by atoms with Crippen LogP contribution in [0.25, 0.3) is 0 Å². The van der Waals surface area contributed by atoms with Gasteiger partial charge in [0.1, 0.15) is 0 Å². The maximum atomic E-state index is 12.6. The van der Waals surface area contributed by atoms with Gasteiger partial charge in [0, 0.05) is 18.8 Å². The number of nitrogens with zero attached hydrogens (tertiary/aromatic N) is 1. The summed E-state index contributed by atoms with van der Waals surface area (Å²) in [4.78, 5) is 14.0. The first kappa shape index (κ1) is 19.2. The summed E-state index contributed by atoms with van der Waals surface area (Å²) in [5.41, 5.74) is 1.93. The number of aromatic carboxylic acids is 1. The van der Waals surface area contributed by atoms with Crippen molar-refractivity contribution in [3.05, 3.63) is 53.6 Å². The highest BCUT2D eigenvalue weighted by atomic mass is 32.2. The molecule has 0 aromatic heterocycles. The normalized spacial score (nSPS) is 17.6. The number of benzene rings is 2. The van der Waals surface area contributed by atoms with Crippen molar-refractivity contribution in [1.29, 1.82) is 0 Å². The Morgan fingerprint density at radius 3 is 2.52 bits per heavy atom. The smallest absolute Gasteiger partial charge is 0.337 e. The predicted molar refractivity (Wildman–Crippen MR) is 106 cm³/mol. The Kier molecular flexibility index (Phi) is 5.41.